The Hall–Kier alpha value is -1.90. The zero-order valence-corrected chi connectivity index (χ0v) is 18.9. The molecule has 0 saturated carbocycles. The van der Waals surface area contributed by atoms with Crippen molar-refractivity contribution in [2.24, 2.45) is 5.34 Å². The van der Waals surface area contributed by atoms with Gasteiger partial charge in [0.15, 0.2) is 0 Å². The third-order valence-electron chi connectivity index (χ3n) is 3.71. The standard InChI is InChI=1S/C11H11NO.C9H6BrN.HNO2.Na/c13-8-6-9-3-1-5-11-10(9)4-2-7-12-11;10-8-4-1-5-9-7(8)3-2-6-11-9;2-1-3;/h1-5,7,13H,6,8H2;1-6H;(H,2,3);/q;;;+1/p-1. The molecule has 0 bridgehead atoms. The molecule has 0 unspecified atom stereocenters. The summed E-state index contributed by atoms with van der Waals surface area (Å²) in [6.45, 7) is 0.188. The maximum atomic E-state index is 8.86. The topological polar surface area (TPSA) is 98.5 Å². The van der Waals surface area contributed by atoms with Crippen molar-refractivity contribution in [3.8, 4) is 0 Å². The minimum Gasteiger partial charge on any atom is -0.444 e. The first-order valence-electron chi connectivity index (χ1n) is 8.09. The number of aliphatic hydroxyl groups excluding tert-OH is 1. The van der Waals surface area contributed by atoms with Crippen LogP contribution in [0.5, 0.6) is 0 Å². The van der Waals surface area contributed by atoms with Crippen LogP contribution in [0.4, 0.5) is 0 Å². The number of benzene rings is 2. The second kappa shape index (κ2) is 13.3. The Bertz CT molecular complexity index is 1010. The van der Waals surface area contributed by atoms with Crippen LogP contribution >= 0.6 is 15.9 Å². The number of hydrogen-bond acceptors (Lipinski definition) is 6. The molecule has 2 heterocycles. The molecule has 1 N–H and O–H groups in total. The summed E-state index contributed by atoms with van der Waals surface area (Å²) in [5, 5.41) is 20.2. The van der Waals surface area contributed by atoms with E-state index in [9.17, 15) is 0 Å². The summed E-state index contributed by atoms with van der Waals surface area (Å²) < 4.78 is 1.10. The van der Waals surface area contributed by atoms with Gasteiger partial charge in [-0.05, 0) is 42.3 Å². The maximum absolute atomic E-state index is 8.86. The molecular formula is C20H17BrN3NaO3. The van der Waals surface area contributed by atoms with Crippen LogP contribution < -0.4 is 29.6 Å². The maximum Gasteiger partial charge on any atom is 1.00 e. The van der Waals surface area contributed by atoms with Crippen LogP contribution in [0.1, 0.15) is 5.56 Å². The molecule has 0 aliphatic rings. The van der Waals surface area contributed by atoms with Crippen LogP contribution in [0, 0.1) is 10.1 Å². The van der Waals surface area contributed by atoms with E-state index in [1.165, 1.54) is 0 Å². The van der Waals surface area contributed by atoms with Gasteiger partial charge in [-0.25, -0.2) is 0 Å². The summed E-state index contributed by atoms with van der Waals surface area (Å²) in [7, 11) is 0. The fourth-order valence-corrected chi connectivity index (χ4v) is 3.06. The molecule has 8 heteroatoms. The van der Waals surface area contributed by atoms with E-state index in [-0.39, 0.29) is 36.2 Å². The quantitative estimate of drug-likeness (QED) is 0.286. The summed E-state index contributed by atoms with van der Waals surface area (Å²) in [5.74, 6) is 0. The van der Waals surface area contributed by atoms with E-state index in [0.717, 1.165) is 37.2 Å². The summed E-state index contributed by atoms with van der Waals surface area (Å²) in [6.07, 6.45) is 4.28. The largest absolute Gasteiger partial charge is 1.00 e. The Morgan fingerprint density at radius 1 is 0.893 bits per heavy atom. The molecule has 0 aliphatic carbocycles. The molecule has 0 fully saturated rings. The van der Waals surface area contributed by atoms with E-state index in [2.05, 4.69) is 25.9 Å². The number of pyridine rings is 2. The molecule has 28 heavy (non-hydrogen) atoms. The first-order chi connectivity index (χ1) is 13.2. The van der Waals surface area contributed by atoms with Crippen molar-refractivity contribution in [2.75, 3.05) is 6.61 Å². The molecule has 138 valence electrons. The van der Waals surface area contributed by atoms with Crippen LogP contribution in [-0.4, -0.2) is 21.7 Å². The minimum atomic E-state index is 0. The SMILES string of the molecule is Brc1cccc2ncccc12.O=N[O-].OCCc1cccc2ncccc12.[Na+]. The average molecular weight is 450 g/mol. The molecule has 4 rings (SSSR count). The van der Waals surface area contributed by atoms with Gasteiger partial charge in [0, 0.05) is 34.2 Å². The fourth-order valence-electron chi connectivity index (χ4n) is 2.57. The van der Waals surface area contributed by atoms with Crippen molar-refractivity contribution in [1.82, 2.24) is 9.97 Å². The third-order valence-corrected chi connectivity index (χ3v) is 4.40. The fraction of sp³-hybridized carbons (Fsp3) is 0.100. The summed E-state index contributed by atoms with van der Waals surface area (Å²) in [6, 6.07) is 19.9. The Labute approximate surface area is 193 Å². The normalized spacial score (nSPS) is 9.36. The number of fused-ring (bicyclic) bond motifs is 2. The van der Waals surface area contributed by atoms with Crippen LogP contribution in [-0.2, 0) is 6.42 Å². The van der Waals surface area contributed by atoms with E-state index in [0.29, 0.717) is 6.42 Å². The van der Waals surface area contributed by atoms with E-state index < -0.39 is 0 Å². The number of hydrogen-bond donors (Lipinski definition) is 1. The van der Waals surface area contributed by atoms with Crippen molar-refractivity contribution in [3.05, 3.63) is 93.2 Å². The van der Waals surface area contributed by atoms with Crippen molar-refractivity contribution in [2.45, 2.75) is 6.42 Å². The van der Waals surface area contributed by atoms with Crippen molar-refractivity contribution < 1.29 is 34.7 Å². The Balaban J connectivity index is 0.000000241. The number of rotatable bonds is 2. The summed E-state index contributed by atoms with van der Waals surface area (Å²) in [5.41, 5.74) is 3.18. The molecule has 0 spiro atoms. The smallest absolute Gasteiger partial charge is 0.444 e. The van der Waals surface area contributed by atoms with Crippen LogP contribution in [0.2, 0.25) is 0 Å². The van der Waals surface area contributed by atoms with Gasteiger partial charge in [-0.15, -0.1) is 5.34 Å². The molecule has 4 aromatic rings. The zero-order valence-electron chi connectivity index (χ0n) is 15.3. The molecule has 0 aliphatic heterocycles. The average Bonchev–Trinajstić information content (AvgIpc) is 2.70. The van der Waals surface area contributed by atoms with E-state index >= 15 is 0 Å². The monoisotopic (exact) mass is 449 g/mol. The molecule has 6 nitrogen and oxygen atoms in total. The van der Waals surface area contributed by atoms with Crippen molar-refractivity contribution in [3.63, 3.8) is 0 Å². The number of aliphatic hydroxyl groups is 1. The van der Waals surface area contributed by atoms with Gasteiger partial charge >= 0.3 is 29.6 Å². The zero-order chi connectivity index (χ0) is 19.5. The van der Waals surface area contributed by atoms with E-state index in [4.69, 9.17) is 15.2 Å². The van der Waals surface area contributed by atoms with Gasteiger partial charge in [-0.1, -0.05) is 46.3 Å². The minimum absolute atomic E-state index is 0. The van der Waals surface area contributed by atoms with Crippen LogP contribution in [0.15, 0.2) is 82.9 Å². The van der Waals surface area contributed by atoms with Gasteiger partial charge < -0.3 is 15.2 Å². The number of aromatic nitrogens is 2. The number of halogens is 1. The van der Waals surface area contributed by atoms with E-state index in [1.54, 1.807) is 12.4 Å². The molecule has 0 atom stereocenters. The first-order valence-corrected chi connectivity index (χ1v) is 8.88. The predicted molar refractivity (Wildman–Crippen MR) is 111 cm³/mol. The van der Waals surface area contributed by atoms with Crippen molar-refractivity contribution in [1.29, 1.82) is 0 Å². The van der Waals surface area contributed by atoms with E-state index in [1.807, 2.05) is 60.7 Å². The van der Waals surface area contributed by atoms with Crippen molar-refractivity contribution >= 4 is 37.7 Å². The molecular weight excluding hydrogens is 433 g/mol. The second-order valence-electron chi connectivity index (χ2n) is 5.35. The molecule has 2 aromatic carbocycles. The van der Waals surface area contributed by atoms with Gasteiger partial charge in [-0.3, -0.25) is 9.97 Å². The molecule has 0 amide bonds. The third kappa shape index (κ3) is 6.92. The molecule has 2 aromatic heterocycles. The van der Waals surface area contributed by atoms with Crippen LogP contribution in [0.3, 0.4) is 0 Å². The molecule has 0 saturated heterocycles. The summed E-state index contributed by atoms with van der Waals surface area (Å²) in [4.78, 5) is 16.5. The van der Waals surface area contributed by atoms with Gasteiger partial charge in [0.1, 0.15) is 0 Å². The summed E-state index contributed by atoms with van der Waals surface area (Å²) >= 11 is 3.46. The van der Waals surface area contributed by atoms with Gasteiger partial charge in [0.2, 0.25) is 0 Å². The number of nitrogens with zero attached hydrogens (tertiary/aromatic N) is 3. The Morgan fingerprint density at radius 3 is 2.00 bits per heavy atom. The second-order valence-corrected chi connectivity index (χ2v) is 6.20. The first kappa shape index (κ1) is 24.1. The predicted octanol–water partition coefficient (Wildman–Crippen LogP) is 2.02. The Morgan fingerprint density at radius 2 is 1.43 bits per heavy atom. The van der Waals surface area contributed by atoms with Gasteiger partial charge in [-0.2, -0.15) is 0 Å². The van der Waals surface area contributed by atoms with Gasteiger partial charge in [0.25, 0.3) is 0 Å². The van der Waals surface area contributed by atoms with Crippen LogP contribution in [0.25, 0.3) is 21.8 Å². The Kier molecular flexibility index (Phi) is 11.5. The van der Waals surface area contributed by atoms with Gasteiger partial charge in [0.05, 0.1) is 11.0 Å². The molecule has 0 radical (unpaired) electrons.